The molecule has 2 N–H and O–H groups in total. The van der Waals surface area contributed by atoms with Crippen molar-refractivity contribution in [2.24, 2.45) is 0 Å². The third-order valence-electron chi connectivity index (χ3n) is 5.74. The van der Waals surface area contributed by atoms with E-state index in [1.165, 1.54) is 33.3 Å². The zero-order chi connectivity index (χ0) is 26.3. The van der Waals surface area contributed by atoms with Crippen LogP contribution in [-0.4, -0.2) is 45.7 Å². The molecule has 2 amide bonds. The van der Waals surface area contributed by atoms with Gasteiger partial charge in [-0.1, -0.05) is 42.5 Å². The highest BCUT2D eigenvalue weighted by Gasteiger charge is 2.20. The van der Waals surface area contributed by atoms with E-state index in [1.807, 2.05) is 37.3 Å². The third-order valence-corrected chi connectivity index (χ3v) is 7.56. The van der Waals surface area contributed by atoms with E-state index in [-0.39, 0.29) is 35.6 Å². The number of para-hydroxylation sites is 1. The molecule has 0 saturated heterocycles. The Morgan fingerprint density at radius 2 is 1.64 bits per heavy atom. The largest absolute Gasteiger partial charge is 0.496 e. The van der Waals surface area contributed by atoms with Gasteiger partial charge in [0.1, 0.15) is 5.75 Å². The van der Waals surface area contributed by atoms with Crippen LogP contribution >= 0.6 is 0 Å². The number of ether oxygens (including phenoxy) is 1. The molecule has 36 heavy (non-hydrogen) atoms. The predicted molar refractivity (Wildman–Crippen MR) is 140 cm³/mol. The van der Waals surface area contributed by atoms with Crippen LogP contribution in [0, 0.1) is 0 Å². The molecule has 0 bridgehead atoms. The second kappa shape index (κ2) is 11.8. The number of hydrogen-bond donors (Lipinski definition) is 2. The van der Waals surface area contributed by atoms with Crippen LogP contribution in [0.15, 0.2) is 77.7 Å². The fourth-order valence-corrected chi connectivity index (χ4v) is 4.62. The monoisotopic (exact) mass is 509 g/mol. The molecule has 3 aromatic rings. The van der Waals surface area contributed by atoms with Gasteiger partial charge in [-0.05, 0) is 54.8 Å². The number of carbonyl (C=O) groups excluding carboxylic acids is 2. The molecular formula is C27H31N3O5S. The minimum absolute atomic E-state index is 0.0677. The van der Waals surface area contributed by atoms with Crippen LogP contribution in [0.1, 0.15) is 40.9 Å². The molecule has 3 aromatic carbocycles. The smallest absolute Gasteiger partial charge is 0.253 e. The lowest BCUT2D eigenvalue weighted by atomic mass is 10.1. The number of nitrogens with zero attached hydrogens (tertiary/aromatic N) is 1. The van der Waals surface area contributed by atoms with Gasteiger partial charge in [0.05, 0.1) is 29.3 Å². The van der Waals surface area contributed by atoms with Crippen molar-refractivity contribution in [2.45, 2.75) is 30.7 Å². The van der Waals surface area contributed by atoms with Gasteiger partial charge in [-0.25, -0.2) is 12.7 Å². The Hall–Kier alpha value is -3.69. The SMILES string of the molecule is COc1ccc(S(=O)(=O)N(C)C)cc1CCC(=O)Nc1ccccc1C(=O)NC(C)c1ccccc1. The van der Waals surface area contributed by atoms with E-state index in [4.69, 9.17) is 4.74 Å². The lowest BCUT2D eigenvalue weighted by Crippen LogP contribution is -2.28. The summed E-state index contributed by atoms with van der Waals surface area (Å²) in [6.45, 7) is 1.90. The molecule has 1 atom stereocenters. The van der Waals surface area contributed by atoms with E-state index in [9.17, 15) is 18.0 Å². The molecule has 0 aliphatic carbocycles. The van der Waals surface area contributed by atoms with Crippen LogP contribution < -0.4 is 15.4 Å². The Morgan fingerprint density at radius 1 is 0.972 bits per heavy atom. The second-order valence-electron chi connectivity index (χ2n) is 8.46. The van der Waals surface area contributed by atoms with Crippen LogP contribution in [-0.2, 0) is 21.2 Å². The lowest BCUT2D eigenvalue weighted by molar-refractivity contribution is -0.116. The van der Waals surface area contributed by atoms with Gasteiger partial charge in [0.25, 0.3) is 5.91 Å². The van der Waals surface area contributed by atoms with Crippen molar-refractivity contribution in [3.8, 4) is 5.75 Å². The van der Waals surface area contributed by atoms with Crippen molar-refractivity contribution in [1.82, 2.24) is 9.62 Å². The minimum Gasteiger partial charge on any atom is -0.496 e. The summed E-state index contributed by atoms with van der Waals surface area (Å²) in [6.07, 6.45) is 0.323. The van der Waals surface area contributed by atoms with Crippen molar-refractivity contribution >= 4 is 27.5 Å². The molecule has 3 rings (SSSR count). The average Bonchev–Trinajstić information content (AvgIpc) is 2.87. The van der Waals surface area contributed by atoms with Crippen LogP contribution in [0.3, 0.4) is 0 Å². The Balaban J connectivity index is 1.71. The van der Waals surface area contributed by atoms with Crippen molar-refractivity contribution in [3.05, 3.63) is 89.5 Å². The number of sulfonamides is 1. The van der Waals surface area contributed by atoms with E-state index >= 15 is 0 Å². The highest BCUT2D eigenvalue weighted by Crippen LogP contribution is 2.25. The van der Waals surface area contributed by atoms with Crippen LogP contribution in [0.4, 0.5) is 5.69 Å². The maximum atomic E-state index is 12.9. The van der Waals surface area contributed by atoms with E-state index < -0.39 is 10.0 Å². The molecule has 0 aliphatic heterocycles. The molecule has 0 saturated carbocycles. The Labute approximate surface area is 212 Å². The number of carbonyl (C=O) groups is 2. The summed E-state index contributed by atoms with van der Waals surface area (Å²) in [5.41, 5.74) is 2.32. The normalized spacial score (nSPS) is 12.1. The maximum Gasteiger partial charge on any atom is 0.253 e. The summed E-state index contributed by atoms with van der Waals surface area (Å²) >= 11 is 0. The van der Waals surface area contributed by atoms with Crippen molar-refractivity contribution in [2.75, 3.05) is 26.5 Å². The van der Waals surface area contributed by atoms with Gasteiger partial charge in [-0.3, -0.25) is 9.59 Å². The number of aryl methyl sites for hydroxylation is 1. The number of benzene rings is 3. The second-order valence-corrected chi connectivity index (χ2v) is 10.6. The molecule has 9 heteroatoms. The summed E-state index contributed by atoms with van der Waals surface area (Å²) in [5, 5.41) is 5.77. The summed E-state index contributed by atoms with van der Waals surface area (Å²) < 4.78 is 31.5. The van der Waals surface area contributed by atoms with Gasteiger partial charge in [0.15, 0.2) is 0 Å². The minimum atomic E-state index is -3.62. The van der Waals surface area contributed by atoms with Crippen molar-refractivity contribution < 1.29 is 22.7 Å². The molecule has 190 valence electrons. The summed E-state index contributed by atoms with van der Waals surface area (Å²) in [6, 6.07) is 20.8. The predicted octanol–water partition coefficient (Wildman–Crippen LogP) is 4.01. The first-order valence-electron chi connectivity index (χ1n) is 11.5. The van der Waals surface area contributed by atoms with Gasteiger partial charge in [0.2, 0.25) is 15.9 Å². The topological polar surface area (TPSA) is 105 Å². The maximum absolute atomic E-state index is 12.9. The molecule has 0 aliphatic rings. The van der Waals surface area contributed by atoms with Gasteiger partial charge < -0.3 is 15.4 Å². The molecule has 0 aromatic heterocycles. The van der Waals surface area contributed by atoms with Crippen LogP contribution in [0.25, 0.3) is 0 Å². The van der Waals surface area contributed by atoms with Crippen molar-refractivity contribution in [3.63, 3.8) is 0 Å². The standard InChI is InChI=1S/C27H31N3O5S/c1-19(20-10-6-5-7-11-20)28-27(32)23-12-8-9-13-24(23)29-26(31)17-14-21-18-22(15-16-25(21)35-4)36(33,34)30(2)3/h5-13,15-16,18-19H,14,17H2,1-4H3,(H,28,32)(H,29,31). The molecular weight excluding hydrogens is 478 g/mol. The molecule has 0 fully saturated rings. The molecule has 0 radical (unpaired) electrons. The van der Waals surface area contributed by atoms with Gasteiger partial charge in [-0.15, -0.1) is 0 Å². The Kier molecular flexibility index (Phi) is 8.84. The van der Waals surface area contributed by atoms with E-state index in [0.29, 0.717) is 22.6 Å². The fourth-order valence-electron chi connectivity index (χ4n) is 3.67. The Bertz CT molecular complexity index is 1320. The first-order valence-corrected chi connectivity index (χ1v) is 12.9. The quantitative estimate of drug-likeness (QED) is 0.430. The number of rotatable bonds is 10. The molecule has 0 heterocycles. The molecule has 8 nitrogen and oxygen atoms in total. The van der Waals surface area contributed by atoms with E-state index in [2.05, 4.69) is 10.6 Å². The van der Waals surface area contributed by atoms with Gasteiger partial charge in [-0.2, -0.15) is 0 Å². The zero-order valence-electron chi connectivity index (χ0n) is 20.8. The number of methoxy groups -OCH3 is 1. The van der Waals surface area contributed by atoms with Gasteiger partial charge >= 0.3 is 0 Å². The summed E-state index contributed by atoms with van der Waals surface area (Å²) in [4.78, 5) is 25.8. The zero-order valence-corrected chi connectivity index (χ0v) is 21.6. The molecule has 1 unspecified atom stereocenters. The van der Waals surface area contributed by atoms with Crippen molar-refractivity contribution in [1.29, 1.82) is 0 Å². The van der Waals surface area contributed by atoms with E-state index in [1.54, 1.807) is 30.3 Å². The number of nitrogens with one attached hydrogen (secondary N) is 2. The summed E-state index contributed by atoms with van der Waals surface area (Å²) in [7, 11) is 0.785. The van der Waals surface area contributed by atoms with Gasteiger partial charge in [0, 0.05) is 20.5 Å². The average molecular weight is 510 g/mol. The first kappa shape index (κ1) is 26.9. The first-order chi connectivity index (χ1) is 17.1. The molecule has 0 spiro atoms. The van der Waals surface area contributed by atoms with E-state index in [0.717, 1.165) is 9.87 Å². The van der Waals surface area contributed by atoms with Crippen LogP contribution in [0.5, 0.6) is 5.75 Å². The highest BCUT2D eigenvalue weighted by molar-refractivity contribution is 7.89. The highest BCUT2D eigenvalue weighted by atomic mass is 32.2. The Morgan fingerprint density at radius 3 is 2.31 bits per heavy atom. The number of hydrogen-bond acceptors (Lipinski definition) is 5. The third kappa shape index (κ3) is 6.50. The lowest BCUT2D eigenvalue weighted by Gasteiger charge is -2.17. The number of anilines is 1. The fraction of sp³-hybridized carbons (Fsp3) is 0.259. The summed E-state index contributed by atoms with van der Waals surface area (Å²) in [5.74, 6) is -0.116. The van der Waals surface area contributed by atoms with Crippen LogP contribution in [0.2, 0.25) is 0 Å². The number of amides is 2.